The summed E-state index contributed by atoms with van der Waals surface area (Å²) in [5.74, 6) is 0.334. The fraction of sp³-hybridized carbons (Fsp3) is 0.688. The number of hydrogen-bond acceptors (Lipinski definition) is 4. The van der Waals surface area contributed by atoms with Gasteiger partial charge in [-0.2, -0.15) is 0 Å². The van der Waals surface area contributed by atoms with E-state index in [1.165, 1.54) is 12.5 Å². The standard InChI is InChI=1S/C16H27N2O4P/c19-15(10-17-8-14-6-7-16(20)18-9-14)12-23(21,22)11-13-4-2-1-3-5-13/h6-7,9,13,15,17,19H,1-5,8,10-12H2,(H,18,20)(H,21,22)/t15-/m0/s1. The average molecular weight is 342 g/mol. The molecule has 6 nitrogen and oxygen atoms in total. The van der Waals surface area contributed by atoms with Gasteiger partial charge >= 0.3 is 0 Å². The van der Waals surface area contributed by atoms with E-state index in [1.807, 2.05) is 0 Å². The summed E-state index contributed by atoms with van der Waals surface area (Å²) in [5, 5.41) is 13.0. The molecule has 1 fully saturated rings. The van der Waals surface area contributed by atoms with Gasteiger partial charge in [0.15, 0.2) is 0 Å². The third kappa shape index (κ3) is 7.00. The Morgan fingerprint density at radius 1 is 1.30 bits per heavy atom. The lowest BCUT2D eigenvalue weighted by atomic mass is 9.91. The molecule has 4 N–H and O–H groups in total. The van der Waals surface area contributed by atoms with Crippen LogP contribution in [0, 0.1) is 5.92 Å². The fourth-order valence-corrected chi connectivity index (χ4v) is 5.29. The molecule has 0 aromatic carbocycles. The monoisotopic (exact) mass is 342 g/mol. The van der Waals surface area contributed by atoms with Crippen molar-refractivity contribution < 1.29 is 14.6 Å². The van der Waals surface area contributed by atoms with E-state index in [-0.39, 0.29) is 18.3 Å². The Bertz CT molecular complexity index is 563. The summed E-state index contributed by atoms with van der Waals surface area (Å²) in [6.07, 6.45) is 6.65. The summed E-state index contributed by atoms with van der Waals surface area (Å²) in [6.45, 7) is 0.751. The lowest BCUT2D eigenvalue weighted by molar-refractivity contribution is 0.189. The predicted molar refractivity (Wildman–Crippen MR) is 90.9 cm³/mol. The maximum absolute atomic E-state index is 12.3. The molecule has 2 atom stereocenters. The molecular formula is C16H27N2O4P. The normalized spacial score (nSPS) is 20.1. The Balaban J connectivity index is 1.70. The van der Waals surface area contributed by atoms with Crippen LogP contribution in [-0.2, 0) is 11.1 Å². The van der Waals surface area contributed by atoms with Crippen LogP contribution >= 0.6 is 7.37 Å². The Hall–Kier alpha value is -0.940. The zero-order chi connectivity index (χ0) is 16.7. The zero-order valence-electron chi connectivity index (χ0n) is 13.4. The lowest BCUT2D eigenvalue weighted by Crippen LogP contribution is -2.30. The Kier molecular flexibility index (Phi) is 7.03. The SMILES string of the molecule is O=c1ccc(CNC[C@H](O)CP(=O)(O)CC2CCCCC2)c[nH]1. The number of pyridine rings is 1. The van der Waals surface area contributed by atoms with Gasteiger partial charge in [-0.15, -0.1) is 0 Å². The summed E-state index contributed by atoms with van der Waals surface area (Å²) >= 11 is 0. The number of aliphatic hydroxyl groups excluding tert-OH is 1. The van der Waals surface area contributed by atoms with Crippen molar-refractivity contribution in [3.05, 3.63) is 34.2 Å². The number of aromatic amines is 1. The number of nitrogens with one attached hydrogen (secondary N) is 2. The van der Waals surface area contributed by atoms with Crippen molar-refractivity contribution in [2.45, 2.75) is 44.8 Å². The topological polar surface area (TPSA) is 102 Å². The van der Waals surface area contributed by atoms with Gasteiger partial charge in [-0.25, -0.2) is 0 Å². The van der Waals surface area contributed by atoms with Crippen molar-refractivity contribution in [3.63, 3.8) is 0 Å². The zero-order valence-corrected chi connectivity index (χ0v) is 14.3. The second-order valence-electron chi connectivity index (χ2n) is 6.56. The molecule has 0 radical (unpaired) electrons. The van der Waals surface area contributed by atoms with Gasteiger partial charge in [0.1, 0.15) is 0 Å². The van der Waals surface area contributed by atoms with E-state index in [0.717, 1.165) is 31.2 Å². The Labute approximate surface area is 136 Å². The first-order chi connectivity index (χ1) is 10.9. The highest BCUT2D eigenvalue weighted by Gasteiger charge is 2.27. The van der Waals surface area contributed by atoms with Crippen molar-refractivity contribution in [1.82, 2.24) is 10.3 Å². The molecule has 1 aromatic rings. The number of aliphatic hydroxyl groups is 1. The van der Waals surface area contributed by atoms with E-state index >= 15 is 0 Å². The lowest BCUT2D eigenvalue weighted by Gasteiger charge is -2.25. The third-order valence-corrected chi connectivity index (χ3v) is 6.40. The first kappa shape index (κ1) is 18.4. The first-order valence-corrected chi connectivity index (χ1v) is 10.3. The second kappa shape index (κ2) is 8.78. The number of H-pyrrole nitrogens is 1. The van der Waals surface area contributed by atoms with Crippen LogP contribution in [0.3, 0.4) is 0 Å². The molecule has 7 heteroatoms. The number of hydrogen-bond donors (Lipinski definition) is 4. The maximum Gasteiger partial charge on any atom is 0.247 e. The molecular weight excluding hydrogens is 315 g/mol. The van der Waals surface area contributed by atoms with E-state index < -0.39 is 13.5 Å². The molecule has 0 spiro atoms. The van der Waals surface area contributed by atoms with Crippen LogP contribution in [0.4, 0.5) is 0 Å². The molecule has 130 valence electrons. The number of aromatic nitrogens is 1. The average Bonchev–Trinajstić information content (AvgIpc) is 2.49. The minimum Gasteiger partial charge on any atom is -0.391 e. The summed E-state index contributed by atoms with van der Waals surface area (Å²) in [4.78, 5) is 23.6. The van der Waals surface area contributed by atoms with Crippen LogP contribution in [0.5, 0.6) is 0 Å². The number of rotatable bonds is 8. The molecule has 23 heavy (non-hydrogen) atoms. The second-order valence-corrected chi connectivity index (χ2v) is 8.98. The molecule has 1 unspecified atom stereocenters. The smallest absolute Gasteiger partial charge is 0.247 e. The van der Waals surface area contributed by atoms with Gasteiger partial charge in [-0.1, -0.05) is 25.3 Å². The summed E-state index contributed by atoms with van der Waals surface area (Å²) in [7, 11) is -3.27. The van der Waals surface area contributed by atoms with Gasteiger partial charge in [-0.3, -0.25) is 9.36 Å². The highest BCUT2D eigenvalue weighted by atomic mass is 31.2. The molecule has 1 aliphatic carbocycles. The summed E-state index contributed by atoms with van der Waals surface area (Å²) < 4.78 is 12.3. The van der Waals surface area contributed by atoms with Crippen LogP contribution in [0.2, 0.25) is 0 Å². The Morgan fingerprint density at radius 2 is 2.04 bits per heavy atom. The first-order valence-electron chi connectivity index (χ1n) is 8.32. The fourth-order valence-electron chi connectivity index (χ4n) is 3.18. The minimum absolute atomic E-state index is 0.0534. The van der Waals surface area contributed by atoms with Gasteiger partial charge in [0.05, 0.1) is 12.3 Å². The van der Waals surface area contributed by atoms with Crippen molar-refractivity contribution >= 4 is 7.37 Å². The summed E-state index contributed by atoms with van der Waals surface area (Å²) in [6, 6.07) is 3.15. The Morgan fingerprint density at radius 3 is 2.70 bits per heavy atom. The van der Waals surface area contributed by atoms with Crippen LogP contribution in [0.25, 0.3) is 0 Å². The van der Waals surface area contributed by atoms with Crippen LogP contribution in [0.15, 0.2) is 23.1 Å². The minimum atomic E-state index is -3.27. The van der Waals surface area contributed by atoms with E-state index in [0.29, 0.717) is 18.6 Å². The van der Waals surface area contributed by atoms with Crippen molar-refractivity contribution in [2.24, 2.45) is 5.92 Å². The van der Waals surface area contributed by atoms with Crippen LogP contribution < -0.4 is 10.9 Å². The third-order valence-electron chi connectivity index (χ3n) is 4.32. The van der Waals surface area contributed by atoms with Gasteiger partial charge in [0.25, 0.3) is 0 Å². The molecule has 1 saturated carbocycles. The van der Waals surface area contributed by atoms with Gasteiger partial charge in [0, 0.05) is 31.5 Å². The molecule has 1 aliphatic rings. The van der Waals surface area contributed by atoms with Crippen LogP contribution in [-0.4, -0.2) is 40.0 Å². The highest BCUT2D eigenvalue weighted by molar-refractivity contribution is 7.58. The molecule has 0 amide bonds. The van der Waals surface area contributed by atoms with E-state index in [9.17, 15) is 19.4 Å². The summed E-state index contributed by atoms with van der Waals surface area (Å²) in [5.41, 5.74) is 0.740. The molecule has 0 bridgehead atoms. The molecule has 0 saturated heterocycles. The molecule has 0 aliphatic heterocycles. The molecule has 2 rings (SSSR count). The van der Waals surface area contributed by atoms with Gasteiger partial charge in [0.2, 0.25) is 12.9 Å². The van der Waals surface area contributed by atoms with Gasteiger partial charge < -0.3 is 20.3 Å². The molecule has 1 aromatic heterocycles. The van der Waals surface area contributed by atoms with Crippen LogP contribution in [0.1, 0.15) is 37.7 Å². The maximum atomic E-state index is 12.3. The van der Waals surface area contributed by atoms with E-state index in [2.05, 4.69) is 10.3 Å². The highest BCUT2D eigenvalue weighted by Crippen LogP contribution is 2.45. The van der Waals surface area contributed by atoms with E-state index in [1.54, 1.807) is 12.3 Å². The van der Waals surface area contributed by atoms with Crippen molar-refractivity contribution in [2.75, 3.05) is 18.9 Å². The largest absolute Gasteiger partial charge is 0.391 e. The molecule has 1 heterocycles. The van der Waals surface area contributed by atoms with Gasteiger partial charge in [-0.05, 0) is 24.3 Å². The van der Waals surface area contributed by atoms with Crippen molar-refractivity contribution in [3.8, 4) is 0 Å². The predicted octanol–water partition coefficient (Wildman–Crippen LogP) is 1.68. The van der Waals surface area contributed by atoms with E-state index in [4.69, 9.17) is 0 Å². The van der Waals surface area contributed by atoms with Crippen molar-refractivity contribution in [1.29, 1.82) is 0 Å². The quantitative estimate of drug-likeness (QED) is 0.538.